The summed E-state index contributed by atoms with van der Waals surface area (Å²) in [5.74, 6) is 0. The zero-order chi connectivity index (χ0) is 63.7. The van der Waals surface area contributed by atoms with Crippen LogP contribution >= 0.6 is 0 Å². The maximum absolute atomic E-state index is 5.12. The fourth-order valence-electron chi connectivity index (χ4n) is 12.0. The predicted molar refractivity (Wildman–Crippen MR) is 381 cm³/mol. The Kier molecular flexibility index (Phi) is 14.6. The summed E-state index contributed by atoms with van der Waals surface area (Å²) in [4.78, 5) is 61.4. The molecule has 7 aliphatic rings. The number of hydrogen-bond donors (Lipinski definition) is 0. The van der Waals surface area contributed by atoms with Gasteiger partial charge in [-0.1, -0.05) is 170 Å². The molecule has 0 amide bonds. The highest BCUT2D eigenvalue weighted by Crippen LogP contribution is 2.34. The molecule has 23 rings (SSSR count). The van der Waals surface area contributed by atoms with Gasteiger partial charge in [0, 0.05) is 44.5 Å². The quantitative estimate of drug-likeness (QED) is 0.142. The van der Waals surface area contributed by atoms with Crippen molar-refractivity contribution in [2.24, 2.45) is 0 Å². The van der Waals surface area contributed by atoms with Crippen LogP contribution in [-0.2, 0) is 0 Å². The molecule has 0 aliphatic carbocycles. The Morgan fingerprint density at radius 1 is 0.0833 bits per heavy atom. The summed E-state index contributed by atoms with van der Waals surface area (Å²) in [5.41, 5.74) is 26.4. The van der Waals surface area contributed by atoms with Gasteiger partial charge in [0.15, 0.2) is 0 Å². The molecule has 16 aromatic rings. The molecule has 0 spiro atoms. The van der Waals surface area contributed by atoms with Gasteiger partial charge in [-0.05, 0) is 146 Å². The molecule has 4 aromatic carbocycles. The number of rotatable bonds is 0. The van der Waals surface area contributed by atoms with Crippen LogP contribution in [0.25, 0.3) is 181 Å². The Labute approximate surface area is 553 Å². The van der Waals surface area contributed by atoms with Gasteiger partial charge < -0.3 is 0 Å². The summed E-state index contributed by atoms with van der Waals surface area (Å²) >= 11 is 0. The largest absolute Gasteiger partial charge is 0.246 e. The topological polar surface area (TPSA) is 155 Å². The number of pyridine rings is 12. The molecule has 0 radical (unpaired) electrons. The summed E-state index contributed by atoms with van der Waals surface area (Å²) in [6.07, 6.45) is 0. The predicted octanol–water partition coefficient (Wildman–Crippen LogP) is 19.4. The molecule has 0 fully saturated rings. The Hall–Kier alpha value is -13.3. The van der Waals surface area contributed by atoms with Crippen molar-refractivity contribution in [2.75, 3.05) is 0 Å². The van der Waals surface area contributed by atoms with E-state index in [1.54, 1.807) is 0 Å². The van der Waals surface area contributed by atoms with Crippen molar-refractivity contribution in [1.82, 2.24) is 59.8 Å². The van der Waals surface area contributed by atoms with E-state index in [2.05, 4.69) is 97.1 Å². The van der Waals surface area contributed by atoms with Crippen molar-refractivity contribution in [3.63, 3.8) is 0 Å². The highest BCUT2D eigenvalue weighted by molar-refractivity contribution is 5.77. The molecule has 12 aromatic heterocycles. The van der Waals surface area contributed by atoms with E-state index in [1.807, 2.05) is 218 Å². The van der Waals surface area contributed by atoms with E-state index in [9.17, 15) is 0 Å². The molecule has 7 aliphatic heterocycles. The van der Waals surface area contributed by atoms with Gasteiger partial charge in [-0.3, -0.25) is 0 Å². The first-order valence-electron chi connectivity index (χ1n) is 31.6. The summed E-state index contributed by atoms with van der Waals surface area (Å²) in [7, 11) is 0. The molecule has 448 valence electrons. The molecule has 0 saturated heterocycles. The van der Waals surface area contributed by atoms with E-state index in [1.165, 1.54) is 0 Å². The molecule has 0 N–H and O–H groups in total. The smallest absolute Gasteiger partial charge is 0.0894 e. The van der Waals surface area contributed by atoms with Crippen LogP contribution in [0.15, 0.2) is 315 Å². The summed E-state index contributed by atoms with van der Waals surface area (Å²) in [6.45, 7) is 0. The fraction of sp³-hybridized carbons (Fsp3) is 0. The third-order valence-corrected chi connectivity index (χ3v) is 17.0. The first-order chi connectivity index (χ1) is 47.5. The monoisotopic (exact) mass is 1230 g/mol. The van der Waals surface area contributed by atoms with Crippen LogP contribution in [0.3, 0.4) is 0 Å². The van der Waals surface area contributed by atoms with Gasteiger partial charge in [0.1, 0.15) is 0 Å². The van der Waals surface area contributed by atoms with Gasteiger partial charge in [0.05, 0.1) is 137 Å². The molecular formula is C84H52N12. The van der Waals surface area contributed by atoms with Crippen molar-refractivity contribution < 1.29 is 0 Å². The van der Waals surface area contributed by atoms with Gasteiger partial charge in [0.25, 0.3) is 0 Å². The van der Waals surface area contributed by atoms with Gasteiger partial charge in [-0.25, -0.2) is 59.8 Å². The zero-order valence-corrected chi connectivity index (χ0v) is 51.4. The first kappa shape index (κ1) is 56.6. The van der Waals surface area contributed by atoms with E-state index >= 15 is 0 Å². The Morgan fingerprint density at radius 2 is 0.156 bits per heavy atom. The minimum atomic E-state index is 0.746. The highest BCUT2D eigenvalue weighted by atomic mass is 14.9. The van der Waals surface area contributed by atoms with Crippen LogP contribution in [0.5, 0.6) is 0 Å². The molecule has 96 heavy (non-hydrogen) atoms. The van der Waals surface area contributed by atoms with Crippen LogP contribution in [0.1, 0.15) is 0 Å². The lowest BCUT2D eigenvalue weighted by Crippen LogP contribution is -1.95. The minimum absolute atomic E-state index is 0.746. The van der Waals surface area contributed by atoms with E-state index in [0.29, 0.717) is 0 Å². The van der Waals surface area contributed by atoms with Crippen molar-refractivity contribution in [2.45, 2.75) is 0 Å². The lowest BCUT2D eigenvalue weighted by atomic mass is 10.0. The minimum Gasteiger partial charge on any atom is -0.246 e. The standard InChI is InChI=1S/C84H52N12/c1-13-61-53-37-39-54(40-38-53)62-14-3-23-71(87-62)79-31-10-32-80(94-79)72-24-5-17-65(89-72)57-45-47-58(48-46-57)66-18-7-27-75(91-66)83-35-12-36-84(96-83)76-28-8-20-68(92-76)60-51-49-59(50-52-60)67-19-6-26-74(90-67)82-34-11-33-81(95-82)73-25-4-16-64(88-73)56-43-41-55(42-44-56)63-15-2-22-70(86-63)78-30-9-29-77(93-78)69(21-1)85-61/h1-52H. The molecule has 32 bridgehead atoms. The van der Waals surface area contributed by atoms with Crippen LogP contribution < -0.4 is 0 Å². The van der Waals surface area contributed by atoms with Gasteiger partial charge in [0.2, 0.25) is 0 Å². The van der Waals surface area contributed by atoms with E-state index < -0.39 is 0 Å². The molecule has 12 nitrogen and oxygen atoms in total. The van der Waals surface area contributed by atoms with Gasteiger partial charge in [-0.15, -0.1) is 0 Å². The van der Waals surface area contributed by atoms with Crippen LogP contribution in [0.2, 0.25) is 0 Å². The zero-order valence-electron chi connectivity index (χ0n) is 51.4. The van der Waals surface area contributed by atoms with E-state index in [0.717, 1.165) is 181 Å². The molecule has 19 heterocycles. The summed E-state index contributed by atoms with van der Waals surface area (Å²) in [5, 5.41) is 0. The first-order valence-corrected chi connectivity index (χ1v) is 31.6. The highest BCUT2D eigenvalue weighted by Gasteiger charge is 2.17. The lowest BCUT2D eigenvalue weighted by Gasteiger charge is -2.10. The maximum Gasteiger partial charge on any atom is 0.0894 e. The Balaban J connectivity index is 0.695. The third-order valence-electron chi connectivity index (χ3n) is 17.0. The number of nitrogens with zero attached hydrogens (tertiary/aromatic N) is 12. The van der Waals surface area contributed by atoms with Crippen molar-refractivity contribution in [1.29, 1.82) is 0 Å². The molecule has 12 heteroatoms. The Bertz CT molecular complexity index is 4580. The van der Waals surface area contributed by atoms with Gasteiger partial charge >= 0.3 is 0 Å². The van der Waals surface area contributed by atoms with E-state index in [-0.39, 0.29) is 0 Å². The van der Waals surface area contributed by atoms with Crippen molar-refractivity contribution >= 4 is 0 Å². The van der Waals surface area contributed by atoms with Gasteiger partial charge in [-0.2, -0.15) is 0 Å². The lowest BCUT2D eigenvalue weighted by molar-refractivity contribution is 1.22. The number of hydrogen-bond acceptors (Lipinski definition) is 12. The van der Waals surface area contributed by atoms with E-state index in [4.69, 9.17) is 59.8 Å². The average Bonchev–Trinajstić information content (AvgIpc) is 0.970. The number of benzene rings is 4. The fourth-order valence-corrected chi connectivity index (χ4v) is 12.0. The summed E-state index contributed by atoms with van der Waals surface area (Å²) in [6, 6.07) is 106. The SMILES string of the molecule is c1cc2nc(c1)-c1cccc(n1)-c1cccc(n1)-c1ccc(cc1)-c1cccc(n1)-c1cccc(n1)-c1cccc(n1)-c1ccc(cc1)-c1cccc(n1)-c1cccc(n1)-c1cccc(n1)-c1ccc(cc1)-c1cccc(n1)-c1cccc(n1)-c1cccc(n1)-c1ccc-2cc1. The van der Waals surface area contributed by atoms with Crippen molar-refractivity contribution in [3.05, 3.63) is 315 Å². The molecule has 0 unspecified atom stereocenters. The summed E-state index contributed by atoms with van der Waals surface area (Å²) < 4.78 is 0. The average molecular weight is 1230 g/mol. The second kappa shape index (κ2) is 24.7. The second-order valence-electron chi connectivity index (χ2n) is 23.2. The third kappa shape index (κ3) is 11.5. The second-order valence-corrected chi connectivity index (χ2v) is 23.2. The molecular weight excluding hydrogens is 1180 g/mol. The normalized spacial score (nSPS) is 11.3. The number of aromatic nitrogens is 12. The van der Waals surface area contributed by atoms with Crippen LogP contribution in [-0.4, -0.2) is 59.8 Å². The maximum atomic E-state index is 5.12. The molecule has 0 saturated carbocycles. The Morgan fingerprint density at radius 3 is 0.250 bits per heavy atom. The van der Waals surface area contributed by atoms with Crippen LogP contribution in [0.4, 0.5) is 0 Å². The van der Waals surface area contributed by atoms with Crippen LogP contribution in [0, 0.1) is 0 Å². The van der Waals surface area contributed by atoms with Crippen molar-refractivity contribution in [3.8, 4) is 181 Å². The molecule has 0 atom stereocenters.